The van der Waals surface area contributed by atoms with Crippen LogP contribution in [0.1, 0.15) is 35.5 Å². The van der Waals surface area contributed by atoms with Crippen molar-refractivity contribution in [2.24, 2.45) is 0 Å². The predicted octanol–water partition coefficient (Wildman–Crippen LogP) is 4.81. The molecule has 1 aromatic heterocycles. The molecule has 0 amide bonds. The highest BCUT2D eigenvalue weighted by Crippen LogP contribution is 2.26. The van der Waals surface area contributed by atoms with Gasteiger partial charge < -0.3 is 4.52 Å². The fourth-order valence-electron chi connectivity index (χ4n) is 1.47. The van der Waals surface area contributed by atoms with Gasteiger partial charge >= 0.3 is 0 Å². The second-order valence-corrected chi connectivity index (χ2v) is 5.77. The Labute approximate surface area is 124 Å². The Morgan fingerprint density at radius 2 is 2.11 bits per heavy atom. The molecule has 18 heavy (non-hydrogen) atoms. The third kappa shape index (κ3) is 3.25. The van der Waals surface area contributed by atoms with Crippen LogP contribution in [0.3, 0.4) is 0 Å². The Kier molecular flexibility index (Phi) is 4.65. The molecule has 0 saturated carbocycles. The van der Waals surface area contributed by atoms with Gasteiger partial charge in [0.05, 0.1) is 14.9 Å². The van der Waals surface area contributed by atoms with Crippen LogP contribution in [0.5, 0.6) is 0 Å². The average Bonchev–Trinajstić information content (AvgIpc) is 2.81. The van der Waals surface area contributed by atoms with Crippen LogP contribution in [-0.4, -0.2) is 10.1 Å². The van der Waals surface area contributed by atoms with Gasteiger partial charge in [-0.2, -0.15) is 4.98 Å². The number of alkyl halides is 1. The van der Waals surface area contributed by atoms with E-state index in [2.05, 4.69) is 26.1 Å². The predicted molar refractivity (Wildman–Crippen MR) is 75.5 cm³/mol. The molecule has 6 heteroatoms. The van der Waals surface area contributed by atoms with Gasteiger partial charge in [0.25, 0.3) is 0 Å². The smallest absolute Gasteiger partial charge is 0.240 e. The summed E-state index contributed by atoms with van der Waals surface area (Å²) in [6.07, 6.45) is 1.47. The Morgan fingerprint density at radius 3 is 2.78 bits per heavy atom. The maximum Gasteiger partial charge on any atom is 0.240 e. The topological polar surface area (TPSA) is 38.9 Å². The van der Waals surface area contributed by atoms with E-state index in [9.17, 15) is 0 Å². The van der Waals surface area contributed by atoms with Crippen LogP contribution in [-0.2, 0) is 6.42 Å². The van der Waals surface area contributed by atoms with Crippen molar-refractivity contribution in [2.75, 3.05) is 0 Å². The van der Waals surface area contributed by atoms with Crippen molar-refractivity contribution in [1.82, 2.24) is 10.1 Å². The van der Waals surface area contributed by atoms with Crippen molar-refractivity contribution in [3.05, 3.63) is 45.5 Å². The highest BCUT2D eigenvalue weighted by molar-refractivity contribution is 9.09. The summed E-state index contributed by atoms with van der Waals surface area (Å²) in [6, 6.07) is 5.47. The molecule has 0 N–H and O–H groups in total. The lowest BCUT2D eigenvalue weighted by Gasteiger charge is -2.00. The van der Waals surface area contributed by atoms with Crippen molar-refractivity contribution in [3.8, 4) is 0 Å². The van der Waals surface area contributed by atoms with Gasteiger partial charge in [0, 0.05) is 6.42 Å². The quantitative estimate of drug-likeness (QED) is 0.743. The highest BCUT2D eigenvalue weighted by Gasteiger charge is 2.14. The van der Waals surface area contributed by atoms with E-state index in [-0.39, 0.29) is 4.83 Å². The summed E-state index contributed by atoms with van der Waals surface area (Å²) in [5.74, 6) is 1.24. The van der Waals surface area contributed by atoms with Gasteiger partial charge in [-0.15, -0.1) is 0 Å². The number of hydrogen-bond acceptors (Lipinski definition) is 3. The summed E-state index contributed by atoms with van der Waals surface area (Å²) in [5, 5.41) is 5.01. The number of hydrogen-bond donors (Lipinski definition) is 0. The van der Waals surface area contributed by atoms with Crippen molar-refractivity contribution in [2.45, 2.75) is 24.6 Å². The molecule has 0 saturated heterocycles. The fraction of sp³-hybridized carbons (Fsp3) is 0.333. The number of aromatic nitrogens is 2. The first-order chi connectivity index (χ1) is 8.60. The summed E-state index contributed by atoms with van der Waals surface area (Å²) < 4.78 is 5.18. The molecule has 2 rings (SSSR count). The summed E-state index contributed by atoms with van der Waals surface area (Å²) in [5.41, 5.74) is 0.999. The Bertz CT molecular complexity index is 545. The minimum Gasteiger partial charge on any atom is -0.338 e. The Balaban J connectivity index is 2.13. The summed E-state index contributed by atoms with van der Waals surface area (Å²) in [7, 11) is 0. The van der Waals surface area contributed by atoms with Crippen molar-refractivity contribution < 1.29 is 4.52 Å². The maximum atomic E-state index is 5.95. The van der Waals surface area contributed by atoms with Crippen LogP contribution in [0, 0.1) is 0 Å². The third-order valence-corrected chi connectivity index (χ3v) is 4.23. The summed E-state index contributed by atoms with van der Waals surface area (Å²) >= 11 is 15.3. The van der Waals surface area contributed by atoms with Crippen LogP contribution >= 0.6 is 39.1 Å². The van der Waals surface area contributed by atoms with E-state index in [4.69, 9.17) is 27.7 Å². The zero-order valence-electron chi connectivity index (χ0n) is 9.66. The molecular weight excluding hydrogens is 339 g/mol. The molecular formula is C12H11BrCl2N2O. The lowest BCUT2D eigenvalue weighted by atomic mass is 10.1. The van der Waals surface area contributed by atoms with E-state index in [1.807, 2.05) is 19.1 Å². The van der Waals surface area contributed by atoms with Gasteiger partial charge in [-0.05, 0) is 24.1 Å². The van der Waals surface area contributed by atoms with E-state index in [1.165, 1.54) is 0 Å². The molecule has 96 valence electrons. The van der Waals surface area contributed by atoms with Crippen LogP contribution in [0.2, 0.25) is 10.0 Å². The van der Waals surface area contributed by atoms with Crippen LogP contribution in [0.25, 0.3) is 0 Å². The molecule has 1 aromatic carbocycles. The van der Waals surface area contributed by atoms with Gasteiger partial charge in [-0.1, -0.05) is 57.3 Å². The normalized spacial score (nSPS) is 12.7. The van der Waals surface area contributed by atoms with E-state index in [0.29, 0.717) is 28.2 Å². The Morgan fingerprint density at radius 1 is 1.33 bits per heavy atom. The van der Waals surface area contributed by atoms with Crippen LogP contribution < -0.4 is 0 Å². The standard InChI is InChI=1S/C12H11BrCl2N2O/c1-2-8(13)12-16-11(17-18-12)6-7-3-4-9(14)10(15)5-7/h3-5,8H,2,6H2,1H3. The molecule has 1 unspecified atom stereocenters. The third-order valence-electron chi connectivity index (χ3n) is 2.46. The summed E-state index contributed by atoms with van der Waals surface area (Å²) in [6.45, 7) is 2.04. The van der Waals surface area contributed by atoms with E-state index >= 15 is 0 Å². The largest absolute Gasteiger partial charge is 0.338 e. The molecule has 0 bridgehead atoms. The zero-order valence-corrected chi connectivity index (χ0v) is 12.8. The monoisotopic (exact) mass is 348 g/mol. The first-order valence-corrected chi connectivity index (χ1v) is 7.17. The van der Waals surface area contributed by atoms with E-state index in [1.54, 1.807) is 6.07 Å². The van der Waals surface area contributed by atoms with Crippen LogP contribution in [0.4, 0.5) is 0 Å². The fourth-order valence-corrected chi connectivity index (χ4v) is 1.98. The molecule has 0 spiro atoms. The molecule has 0 aliphatic rings. The number of benzene rings is 1. The van der Waals surface area contributed by atoms with Gasteiger partial charge in [-0.25, -0.2) is 0 Å². The number of nitrogens with zero attached hydrogens (tertiary/aromatic N) is 2. The Hall–Kier alpha value is -0.580. The highest BCUT2D eigenvalue weighted by atomic mass is 79.9. The summed E-state index contributed by atoms with van der Waals surface area (Å²) in [4.78, 5) is 4.43. The molecule has 0 aliphatic carbocycles. The minimum absolute atomic E-state index is 0.104. The van der Waals surface area contributed by atoms with Crippen molar-refractivity contribution >= 4 is 39.1 Å². The first kappa shape index (κ1) is 13.8. The van der Waals surface area contributed by atoms with Crippen LogP contribution in [0.15, 0.2) is 22.7 Å². The SMILES string of the molecule is CCC(Br)c1nc(Cc2ccc(Cl)c(Cl)c2)no1. The van der Waals surface area contributed by atoms with Gasteiger partial charge in [0.15, 0.2) is 5.82 Å². The first-order valence-electron chi connectivity index (χ1n) is 5.50. The maximum absolute atomic E-state index is 5.95. The van der Waals surface area contributed by atoms with Gasteiger partial charge in [0.2, 0.25) is 5.89 Å². The van der Waals surface area contributed by atoms with Crippen molar-refractivity contribution in [3.63, 3.8) is 0 Å². The number of rotatable bonds is 4. The second-order valence-electron chi connectivity index (χ2n) is 3.85. The molecule has 1 atom stereocenters. The lowest BCUT2D eigenvalue weighted by molar-refractivity contribution is 0.372. The minimum atomic E-state index is 0.104. The zero-order chi connectivity index (χ0) is 13.1. The molecule has 3 nitrogen and oxygen atoms in total. The second kappa shape index (κ2) is 6.04. The van der Waals surface area contributed by atoms with E-state index < -0.39 is 0 Å². The molecule has 2 aromatic rings. The molecule has 0 fully saturated rings. The lowest BCUT2D eigenvalue weighted by Crippen LogP contribution is -1.92. The van der Waals surface area contributed by atoms with Gasteiger partial charge in [0.1, 0.15) is 0 Å². The van der Waals surface area contributed by atoms with Crippen molar-refractivity contribution in [1.29, 1.82) is 0 Å². The molecule has 1 heterocycles. The molecule has 0 radical (unpaired) electrons. The number of halogens is 3. The van der Waals surface area contributed by atoms with E-state index in [0.717, 1.165) is 12.0 Å². The average molecular weight is 350 g/mol. The molecule has 0 aliphatic heterocycles. The van der Waals surface area contributed by atoms with Gasteiger partial charge in [-0.3, -0.25) is 0 Å².